The Balaban J connectivity index is 1.91. The van der Waals surface area contributed by atoms with Gasteiger partial charge in [-0.15, -0.1) is 0 Å². The van der Waals surface area contributed by atoms with Gasteiger partial charge in [-0.25, -0.2) is 0 Å². The van der Waals surface area contributed by atoms with E-state index in [-0.39, 0.29) is 11.9 Å². The van der Waals surface area contributed by atoms with E-state index in [0.717, 1.165) is 12.1 Å². The third kappa shape index (κ3) is 3.96. The predicted molar refractivity (Wildman–Crippen MR) is 64.3 cm³/mol. The number of hydrogen-bond acceptors (Lipinski definition) is 2. The molecule has 1 heterocycles. The number of carbonyl (C=O) groups is 1. The quantitative estimate of drug-likeness (QED) is 0.884. The number of carbonyl (C=O) groups excluding carboxylic acids is 1. The Morgan fingerprint density at radius 2 is 2.16 bits per heavy atom. The Morgan fingerprint density at radius 1 is 1.37 bits per heavy atom. The van der Waals surface area contributed by atoms with Crippen LogP contribution >= 0.6 is 0 Å². The number of benzene rings is 1. The maximum absolute atomic E-state index is 12.5. The Labute approximate surface area is 109 Å². The van der Waals surface area contributed by atoms with Crippen molar-refractivity contribution in [1.82, 2.24) is 10.6 Å². The van der Waals surface area contributed by atoms with Crippen LogP contribution < -0.4 is 10.6 Å². The van der Waals surface area contributed by atoms with Gasteiger partial charge in [0.15, 0.2) is 0 Å². The highest BCUT2D eigenvalue weighted by Gasteiger charge is 2.30. The summed E-state index contributed by atoms with van der Waals surface area (Å²) in [6.07, 6.45) is -3.14. The second-order valence-electron chi connectivity index (χ2n) is 4.62. The first kappa shape index (κ1) is 13.9. The van der Waals surface area contributed by atoms with Crippen LogP contribution in [0.2, 0.25) is 0 Å². The second kappa shape index (κ2) is 5.61. The summed E-state index contributed by atoms with van der Waals surface area (Å²) >= 11 is 0. The van der Waals surface area contributed by atoms with Crippen molar-refractivity contribution in [2.45, 2.75) is 31.6 Å². The molecule has 0 bridgehead atoms. The van der Waals surface area contributed by atoms with Crippen LogP contribution in [0.15, 0.2) is 24.3 Å². The van der Waals surface area contributed by atoms with Crippen LogP contribution in [0.4, 0.5) is 13.2 Å². The number of alkyl halides is 3. The van der Waals surface area contributed by atoms with Crippen LogP contribution in [-0.4, -0.2) is 18.5 Å². The van der Waals surface area contributed by atoms with Crippen molar-refractivity contribution in [2.24, 2.45) is 0 Å². The molecule has 1 aliphatic heterocycles. The van der Waals surface area contributed by atoms with Crippen LogP contribution in [-0.2, 0) is 17.5 Å². The van der Waals surface area contributed by atoms with Gasteiger partial charge in [0.25, 0.3) is 0 Å². The minimum absolute atomic E-state index is 0.0251. The second-order valence-corrected chi connectivity index (χ2v) is 4.62. The zero-order valence-electron chi connectivity index (χ0n) is 10.3. The molecule has 6 heteroatoms. The molecule has 1 saturated heterocycles. The van der Waals surface area contributed by atoms with E-state index in [1.807, 2.05) is 0 Å². The van der Waals surface area contributed by atoms with E-state index in [1.54, 1.807) is 6.07 Å². The number of amides is 1. The SMILES string of the molecule is O=C1CCC(NCc2cccc(C(F)(F)F)c2)CN1. The summed E-state index contributed by atoms with van der Waals surface area (Å²) in [7, 11) is 0. The van der Waals surface area contributed by atoms with Gasteiger partial charge in [-0.2, -0.15) is 13.2 Å². The van der Waals surface area contributed by atoms with E-state index in [1.165, 1.54) is 6.07 Å². The Kier molecular flexibility index (Phi) is 4.09. The lowest BCUT2D eigenvalue weighted by atomic mass is 10.1. The Hall–Kier alpha value is -1.56. The van der Waals surface area contributed by atoms with Crippen LogP contribution in [0.25, 0.3) is 0 Å². The molecular weight excluding hydrogens is 257 g/mol. The first-order valence-corrected chi connectivity index (χ1v) is 6.11. The van der Waals surface area contributed by atoms with Gasteiger partial charge in [-0.3, -0.25) is 4.79 Å². The molecule has 0 aliphatic carbocycles. The van der Waals surface area contributed by atoms with Crippen LogP contribution in [0, 0.1) is 0 Å². The third-order valence-electron chi connectivity index (χ3n) is 3.11. The van der Waals surface area contributed by atoms with E-state index in [4.69, 9.17) is 0 Å². The van der Waals surface area contributed by atoms with Crippen molar-refractivity contribution in [1.29, 1.82) is 0 Å². The molecule has 104 valence electrons. The Morgan fingerprint density at radius 3 is 2.79 bits per heavy atom. The fourth-order valence-corrected chi connectivity index (χ4v) is 2.03. The Bertz CT molecular complexity index is 449. The highest BCUT2D eigenvalue weighted by Crippen LogP contribution is 2.29. The van der Waals surface area contributed by atoms with Crippen molar-refractivity contribution in [2.75, 3.05) is 6.54 Å². The van der Waals surface area contributed by atoms with Crippen molar-refractivity contribution in [3.05, 3.63) is 35.4 Å². The summed E-state index contributed by atoms with van der Waals surface area (Å²) in [5, 5.41) is 5.88. The van der Waals surface area contributed by atoms with E-state index in [9.17, 15) is 18.0 Å². The normalized spacial score (nSPS) is 20.2. The molecule has 19 heavy (non-hydrogen) atoms. The molecule has 1 aromatic rings. The highest BCUT2D eigenvalue weighted by molar-refractivity contribution is 5.76. The smallest absolute Gasteiger partial charge is 0.355 e. The van der Waals surface area contributed by atoms with Gasteiger partial charge in [0.05, 0.1) is 5.56 Å². The minimum atomic E-state index is -4.31. The van der Waals surface area contributed by atoms with E-state index >= 15 is 0 Å². The molecule has 0 spiro atoms. The summed E-state index contributed by atoms with van der Waals surface area (Å²) < 4.78 is 37.6. The zero-order valence-corrected chi connectivity index (χ0v) is 10.3. The first-order valence-electron chi connectivity index (χ1n) is 6.11. The molecule has 1 amide bonds. The van der Waals surface area contributed by atoms with Gasteiger partial charge in [-0.05, 0) is 18.1 Å². The zero-order chi connectivity index (χ0) is 13.9. The molecule has 2 rings (SSSR count). The van der Waals surface area contributed by atoms with E-state index in [0.29, 0.717) is 31.5 Å². The van der Waals surface area contributed by atoms with Gasteiger partial charge in [0, 0.05) is 25.6 Å². The fourth-order valence-electron chi connectivity index (χ4n) is 2.03. The van der Waals surface area contributed by atoms with Crippen LogP contribution in [0.5, 0.6) is 0 Å². The van der Waals surface area contributed by atoms with Crippen LogP contribution in [0.1, 0.15) is 24.0 Å². The molecule has 1 fully saturated rings. The third-order valence-corrected chi connectivity index (χ3v) is 3.11. The van der Waals surface area contributed by atoms with Gasteiger partial charge in [-0.1, -0.05) is 18.2 Å². The van der Waals surface area contributed by atoms with Crippen molar-refractivity contribution >= 4 is 5.91 Å². The minimum Gasteiger partial charge on any atom is -0.355 e. The maximum Gasteiger partial charge on any atom is 0.416 e. The summed E-state index contributed by atoms with van der Waals surface area (Å²) in [4.78, 5) is 11.0. The standard InChI is InChI=1S/C13H15F3N2O/c14-13(15,16)10-3-1-2-9(6-10)7-17-11-4-5-12(19)18-8-11/h1-3,6,11,17H,4-5,7-8H2,(H,18,19). The van der Waals surface area contributed by atoms with Gasteiger partial charge in [0.2, 0.25) is 5.91 Å². The molecule has 0 radical (unpaired) electrons. The topological polar surface area (TPSA) is 41.1 Å². The number of piperidine rings is 1. The first-order chi connectivity index (χ1) is 8.95. The number of hydrogen-bond donors (Lipinski definition) is 2. The average Bonchev–Trinajstić information content (AvgIpc) is 2.37. The maximum atomic E-state index is 12.5. The van der Waals surface area contributed by atoms with Crippen molar-refractivity contribution in [3.8, 4) is 0 Å². The van der Waals surface area contributed by atoms with E-state index < -0.39 is 11.7 Å². The van der Waals surface area contributed by atoms with Crippen molar-refractivity contribution < 1.29 is 18.0 Å². The molecule has 3 nitrogen and oxygen atoms in total. The lowest BCUT2D eigenvalue weighted by molar-refractivity contribution is -0.137. The number of nitrogens with one attached hydrogen (secondary N) is 2. The molecule has 2 N–H and O–H groups in total. The van der Waals surface area contributed by atoms with Gasteiger partial charge >= 0.3 is 6.18 Å². The summed E-state index contributed by atoms with van der Waals surface area (Å²) in [6, 6.07) is 5.39. The predicted octanol–water partition coefficient (Wildman–Crippen LogP) is 2.07. The van der Waals surface area contributed by atoms with E-state index in [2.05, 4.69) is 10.6 Å². The molecule has 1 atom stereocenters. The lowest BCUT2D eigenvalue weighted by Crippen LogP contribution is -2.45. The van der Waals surface area contributed by atoms with Gasteiger partial charge in [0.1, 0.15) is 0 Å². The average molecular weight is 272 g/mol. The molecule has 1 aliphatic rings. The van der Waals surface area contributed by atoms with Crippen molar-refractivity contribution in [3.63, 3.8) is 0 Å². The largest absolute Gasteiger partial charge is 0.416 e. The summed E-state index contributed by atoms with van der Waals surface area (Å²) in [5.41, 5.74) is -0.0459. The molecule has 0 aromatic heterocycles. The molecular formula is C13H15F3N2O. The number of halogens is 3. The highest BCUT2D eigenvalue weighted by atomic mass is 19.4. The molecule has 0 saturated carbocycles. The molecule has 1 unspecified atom stereocenters. The summed E-state index contributed by atoms with van der Waals surface area (Å²) in [6.45, 7) is 0.891. The monoisotopic (exact) mass is 272 g/mol. The number of rotatable bonds is 3. The van der Waals surface area contributed by atoms with Gasteiger partial charge < -0.3 is 10.6 Å². The van der Waals surface area contributed by atoms with Crippen LogP contribution in [0.3, 0.4) is 0 Å². The molecule has 1 aromatic carbocycles. The summed E-state index contributed by atoms with van der Waals surface area (Å²) in [5.74, 6) is 0.0251. The fraction of sp³-hybridized carbons (Fsp3) is 0.462. The lowest BCUT2D eigenvalue weighted by Gasteiger charge is -2.23.